The molecule has 0 unspecified atom stereocenters. The van der Waals surface area contributed by atoms with Crippen LogP contribution in [-0.4, -0.2) is 21.3 Å². The number of fused-ring (bicyclic) bond motifs is 1. The summed E-state index contributed by atoms with van der Waals surface area (Å²) in [5.41, 5.74) is 8.21. The molecule has 1 N–H and O–H groups in total. The predicted octanol–water partition coefficient (Wildman–Crippen LogP) is 4.34. The van der Waals surface area contributed by atoms with Gasteiger partial charge in [0.15, 0.2) is 0 Å². The number of nitrogens with zero attached hydrogens (tertiary/aromatic N) is 4. The fourth-order valence-electron chi connectivity index (χ4n) is 3.65. The Kier molecular flexibility index (Phi) is 5.19. The smallest absolute Gasteiger partial charge is 0.271 e. The van der Waals surface area contributed by atoms with E-state index in [1.54, 1.807) is 18.3 Å². The second-order valence-corrected chi connectivity index (χ2v) is 7.09. The van der Waals surface area contributed by atoms with Crippen LogP contribution >= 0.6 is 0 Å². The minimum absolute atomic E-state index is 0.257. The first kappa shape index (κ1) is 19.2. The van der Waals surface area contributed by atoms with E-state index >= 15 is 0 Å². The maximum absolute atomic E-state index is 12.5. The molecular weight excluding hydrogens is 374 g/mol. The number of amides is 1. The maximum atomic E-state index is 12.5. The molecule has 0 spiro atoms. The van der Waals surface area contributed by atoms with Crippen molar-refractivity contribution in [3.05, 3.63) is 89.4 Å². The van der Waals surface area contributed by atoms with Crippen LogP contribution in [-0.2, 0) is 6.54 Å². The number of hydrogen-bond acceptors (Lipinski definition) is 3. The Balaban J connectivity index is 1.49. The highest BCUT2D eigenvalue weighted by Crippen LogP contribution is 2.20. The van der Waals surface area contributed by atoms with Crippen molar-refractivity contribution in [1.82, 2.24) is 14.6 Å². The lowest BCUT2D eigenvalue weighted by Gasteiger charge is -2.10. The second-order valence-electron chi connectivity index (χ2n) is 7.09. The molecule has 0 atom stereocenters. The van der Waals surface area contributed by atoms with E-state index in [-0.39, 0.29) is 12.5 Å². The highest BCUT2D eigenvalue weighted by molar-refractivity contribution is 6.00. The molecular formula is C24H21N5O. The number of nitrogens with one attached hydrogen (secondary N) is 1. The zero-order valence-electron chi connectivity index (χ0n) is 16.8. The lowest BCUT2D eigenvalue weighted by atomic mass is 10.2. The summed E-state index contributed by atoms with van der Waals surface area (Å²) in [6.07, 6.45) is 3.47. The Labute approximate surface area is 174 Å². The normalized spacial score (nSPS) is 11.1. The first-order valence-electron chi connectivity index (χ1n) is 9.62. The molecule has 6 nitrogen and oxygen atoms in total. The van der Waals surface area contributed by atoms with E-state index < -0.39 is 0 Å². The van der Waals surface area contributed by atoms with Gasteiger partial charge >= 0.3 is 0 Å². The molecule has 0 radical (unpaired) electrons. The van der Waals surface area contributed by atoms with Crippen LogP contribution in [0.25, 0.3) is 16.6 Å². The van der Waals surface area contributed by atoms with Gasteiger partial charge in [0.1, 0.15) is 6.54 Å². The van der Waals surface area contributed by atoms with Crippen molar-refractivity contribution in [3.8, 4) is 11.8 Å². The van der Waals surface area contributed by atoms with Gasteiger partial charge in [0.05, 0.1) is 12.3 Å². The second kappa shape index (κ2) is 8.10. The molecule has 0 bridgehead atoms. The zero-order chi connectivity index (χ0) is 21.1. The summed E-state index contributed by atoms with van der Waals surface area (Å²) < 4.78 is 4.00. The van der Waals surface area contributed by atoms with Crippen molar-refractivity contribution >= 4 is 23.0 Å². The number of para-hydroxylation sites is 1. The molecule has 6 heteroatoms. The third-order valence-electron chi connectivity index (χ3n) is 5.09. The number of carbonyl (C=O) groups is 1. The Hall–Kier alpha value is -4.11. The molecule has 1 amide bonds. The third-order valence-corrected chi connectivity index (χ3v) is 5.09. The molecule has 0 saturated carbocycles. The van der Waals surface area contributed by atoms with Gasteiger partial charge in [0.25, 0.3) is 5.91 Å². The molecule has 0 aliphatic carbocycles. The molecule has 0 aliphatic rings. The molecule has 4 rings (SSSR count). The third kappa shape index (κ3) is 3.61. The number of carbonyl (C=O) groups excluding carboxylic acids is 1. The number of nitriles is 1. The van der Waals surface area contributed by atoms with Gasteiger partial charge in [0, 0.05) is 45.3 Å². The lowest BCUT2D eigenvalue weighted by Crippen LogP contribution is -2.17. The SMILES string of the molecule is Cc1ccc(C)n1-c1ccc(C(=O)N/N=C\c2cn(CC#N)c3ccccc23)cc1. The van der Waals surface area contributed by atoms with Crippen LogP contribution in [0.1, 0.15) is 27.3 Å². The van der Waals surface area contributed by atoms with Gasteiger partial charge in [0.2, 0.25) is 0 Å². The number of aromatic nitrogens is 2. The zero-order valence-corrected chi connectivity index (χ0v) is 16.8. The summed E-state index contributed by atoms with van der Waals surface area (Å²) in [6.45, 7) is 4.36. The monoisotopic (exact) mass is 395 g/mol. The number of hydrazone groups is 1. The van der Waals surface area contributed by atoms with Gasteiger partial charge in [-0.2, -0.15) is 10.4 Å². The predicted molar refractivity (Wildman–Crippen MR) is 118 cm³/mol. The van der Waals surface area contributed by atoms with Gasteiger partial charge in [-0.3, -0.25) is 4.79 Å². The summed E-state index contributed by atoms with van der Waals surface area (Å²) in [4.78, 5) is 12.5. The summed E-state index contributed by atoms with van der Waals surface area (Å²) in [6, 6.07) is 21.5. The molecule has 2 aromatic heterocycles. The van der Waals surface area contributed by atoms with E-state index in [4.69, 9.17) is 5.26 Å². The molecule has 0 fully saturated rings. The van der Waals surface area contributed by atoms with Crippen LogP contribution in [0.3, 0.4) is 0 Å². The fourth-order valence-corrected chi connectivity index (χ4v) is 3.65. The van der Waals surface area contributed by atoms with E-state index in [1.165, 1.54) is 0 Å². The average molecular weight is 395 g/mol. The molecule has 2 heterocycles. The standard InChI is InChI=1S/C24H21N5O/c1-17-7-8-18(2)29(17)21-11-9-19(10-12-21)24(30)27-26-15-20-16-28(14-13-25)23-6-4-3-5-22(20)23/h3-12,15-16H,14H2,1-2H3,(H,27,30)/b26-15-. The number of aryl methyl sites for hydroxylation is 2. The first-order valence-corrected chi connectivity index (χ1v) is 9.62. The summed E-state index contributed by atoms with van der Waals surface area (Å²) in [5.74, 6) is -0.278. The average Bonchev–Trinajstić information content (AvgIpc) is 3.28. The van der Waals surface area contributed by atoms with Gasteiger partial charge < -0.3 is 9.13 Å². The maximum Gasteiger partial charge on any atom is 0.271 e. The van der Waals surface area contributed by atoms with Crippen molar-refractivity contribution in [3.63, 3.8) is 0 Å². The van der Waals surface area contributed by atoms with Gasteiger partial charge in [-0.25, -0.2) is 5.43 Å². The van der Waals surface area contributed by atoms with Crippen molar-refractivity contribution < 1.29 is 4.79 Å². The molecule has 148 valence electrons. The van der Waals surface area contributed by atoms with Crippen LogP contribution < -0.4 is 5.43 Å². The van der Waals surface area contributed by atoms with Crippen molar-refractivity contribution in [2.45, 2.75) is 20.4 Å². The number of benzene rings is 2. The molecule has 2 aromatic carbocycles. The Morgan fingerprint density at radius 3 is 2.47 bits per heavy atom. The van der Waals surface area contributed by atoms with Crippen LogP contribution in [0.2, 0.25) is 0 Å². The van der Waals surface area contributed by atoms with Crippen LogP contribution in [0, 0.1) is 25.2 Å². The van der Waals surface area contributed by atoms with Crippen LogP contribution in [0.5, 0.6) is 0 Å². The van der Waals surface area contributed by atoms with E-state index in [0.29, 0.717) is 5.56 Å². The van der Waals surface area contributed by atoms with Crippen LogP contribution in [0.4, 0.5) is 0 Å². The van der Waals surface area contributed by atoms with E-state index in [1.807, 2.05) is 47.2 Å². The summed E-state index contributed by atoms with van der Waals surface area (Å²) in [5, 5.41) is 14.1. The van der Waals surface area contributed by atoms with Gasteiger partial charge in [-0.1, -0.05) is 18.2 Å². The Morgan fingerprint density at radius 1 is 1.07 bits per heavy atom. The lowest BCUT2D eigenvalue weighted by molar-refractivity contribution is 0.0955. The van der Waals surface area contributed by atoms with Crippen molar-refractivity contribution in [2.24, 2.45) is 5.10 Å². The largest absolute Gasteiger partial charge is 0.333 e. The molecule has 0 aliphatic heterocycles. The molecule has 0 saturated heterocycles. The summed E-state index contributed by atoms with van der Waals surface area (Å²) >= 11 is 0. The molecule has 30 heavy (non-hydrogen) atoms. The summed E-state index contributed by atoms with van der Waals surface area (Å²) in [7, 11) is 0. The minimum atomic E-state index is -0.278. The van der Waals surface area contributed by atoms with Gasteiger partial charge in [-0.05, 0) is 56.3 Å². The Morgan fingerprint density at radius 2 is 1.77 bits per heavy atom. The van der Waals surface area contributed by atoms with Crippen LogP contribution in [0.15, 0.2) is 72.0 Å². The topological polar surface area (TPSA) is 75.1 Å². The minimum Gasteiger partial charge on any atom is -0.333 e. The van der Waals surface area contributed by atoms with Gasteiger partial charge in [-0.15, -0.1) is 0 Å². The highest BCUT2D eigenvalue weighted by Gasteiger charge is 2.08. The van der Waals surface area contributed by atoms with E-state index in [9.17, 15) is 4.79 Å². The first-order chi connectivity index (χ1) is 14.6. The number of rotatable bonds is 5. The quantitative estimate of drug-likeness (QED) is 0.403. The number of hydrogen-bond donors (Lipinski definition) is 1. The fraction of sp³-hybridized carbons (Fsp3) is 0.125. The van der Waals surface area contributed by atoms with Crippen molar-refractivity contribution in [1.29, 1.82) is 5.26 Å². The van der Waals surface area contributed by atoms with Crippen molar-refractivity contribution in [2.75, 3.05) is 0 Å². The Bertz CT molecular complexity index is 1270. The highest BCUT2D eigenvalue weighted by atomic mass is 16.2. The van der Waals surface area contributed by atoms with E-state index in [2.05, 4.69) is 47.1 Å². The molecule has 4 aromatic rings. The van der Waals surface area contributed by atoms with E-state index in [0.717, 1.165) is 33.5 Å².